The molecule has 0 saturated carbocycles. The van der Waals surface area contributed by atoms with Gasteiger partial charge in [-0.15, -0.1) is 5.10 Å². The van der Waals surface area contributed by atoms with E-state index in [1.165, 1.54) is 0 Å². The summed E-state index contributed by atoms with van der Waals surface area (Å²) in [6.07, 6.45) is 6.98. The number of aromatic nitrogens is 5. The summed E-state index contributed by atoms with van der Waals surface area (Å²) in [6, 6.07) is 0.309. The van der Waals surface area contributed by atoms with Crippen LogP contribution in [0.25, 0.3) is 5.82 Å². The van der Waals surface area contributed by atoms with Crippen LogP contribution in [0.1, 0.15) is 30.8 Å². The van der Waals surface area contributed by atoms with Crippen LogP contribution in [-0.4, -0.2) is 31.5 Å². The summed E-state index contributed by atoms with van der Waals surface area (Å²) in [7, 11) is 0. The third-order valence-corrected chi connectivity index (χ3v) is 3.05. The Bertz CT molecular complexity index is 506. The van der Waals surface area contributed by atoms with Crippen LogP contribution in [0.4, 0.5) is 0 Å². The van der Waals surface area contributed by atoms with Crippen LogP contribution in [0.5, 0.6) is 0 Å². The molecular formula is C11H14N6. The van der Waals surface area contributed by atoms with Crippen molar-refractivity contribution in [2.75, 3.05) is 6.54 Å². The molecular weight excluding hydrogens is 216 g/mol. The summed E-state index contributed by atoms with van der Waals surface area (Å²) in [5, 5.41) is 11.9. The third-order valence-electron chi connectivity index (χ3n) is 3.05. The zero-order valence-electron chi connectivity index (χ0n) is 9.67. The molecule has 88 valence electrons. The van der Waals surface area contributed by atoms with Gasteiger partial charge >= 0.3 is 0 Å². The highest BCUT2D eigenvalue weighted by Gasteiger charge is 2.25. The van der Waals surface area contributed by atoms with Crippen molar-refractivity contribution in [3.8, 4) is 5.82 Å². The van der Waals surface area contributed by atoms with E-state index in [9.17, 15) is 0 Å². The van der Waals surface area contributed by atoms with Crippen molar-refractivity contribution < 1.29 is 0 Å². The van der Waals surface area contributed by atoms with Crippen molar-refractivity contribution in [2.24, 2.45) is 0 Å². The molecule has 2 aromatic heterocycles. The number of nitrogens with zero attached hydrogens (tertiary/aromatic N) is 5. The summed E-state index contributed by atoms with van der Waals surface area (Å²) >= 11 is 0. The fraction of sp³-hybridized carbons (Fsp3) is 0.455. The first-order chi connectivity index (χ1) is 8.40. The molecule has 2 aromatic rings. The molecule has 0 aromatic carbocycles. The van der Waals surface area contributed by atoms with Gasteiger partial charge in [0.25, 0.3) is 0 Å². The molecule has 3 rings (SSSR count). The standard InChI is InChI=1S/C11H14N6/c1-2-8-11-9(3-4-13-8)17(16-15-11)10-7-12-5-6-14-10/h5-8,13H,2-4H2,1H3. The van der Waals surface area contributed by atoms with Gasteiger partial charge in [0, 0.05) is 25.4 Å². The van der Waals surface area contributed by atoms with Crippen molar-refractivity contribution >= 4 is 0 Å². The van der Waals surface area contributed by atoms with Crippen LogP contribution >= 0.6 is 0 Å². The smallest absolute Gasteiger partial charge is 0.173 e. The molecule has 6 nitrogen and oxygen atoms in total. The second-order valence-electron chi connectivity index (χ2n) is 4.06. The molecule has 0 bridgehead atoms. The van der Waals surface area contributed by atoms with Gasteiger partial charge in [0.1, 0.15) is 5.69 Å². The lowest BCUT2D eigenvalue weighted by Crippen LogP contribution is -2.30. The number of nitrogens with one attached hydrogen (secondary N) is 1. The number of fused-ring (bicyclic) bond motifs is 1. The van der Waals surface area contributed by atoms with E-state index in [0.717, 1.165) is 36.6 Å². The van der Waals surface area contributed by atoms with Gasteiger partial charge in [-0.25, -0.2) is 4.98 Å². The maximum absolute atomic E-state index is 4.27. The van der Waals surface area contributed by atoms with E-state index in [1.807, 2.05) is 0 Å². The normalized spacial score (nSPS) is 19.0. The monoisotopic (exact) mass is 230 g/mol. The molecule has 1 atom stereocenters. The molecule has 0 amide bonds. The van der Waals surface area contributed by atoms with E-state index in [1.54, 1.807) is 23.3 Å². The predicted molar refractivity (Wildman–Crippen MR) is 61.7 cm³/mol. The topological polar surface area (TPSA) is 68.5 Å². The van der Waals surface area contributed by atoms with E-state index < -0.39 is 0 Å². The Balaban J connectivity index is 2.06. The van der Waals surface area contributed by atoms with Crippen molar-refractivity contribution in [2.45, 2.75) is 25.8 Å². The minimum absolute atomic E-state index is 0.309. The molecule has 0 radical (unpaired) electrons. The lowest BCUT2D eigenvalue weighted by Gasteiger charge is -2.21. The molecule has 3 heterocycles. The Morgan fingerprint density at radius 2 is 2.41 bits per heavy atom. The SMILES string of the molecule is CCC1NCCc2c1nnn2-c1cnccn1. The van der Waals surface area contributed by atoms with Crippen LogP contribution in [-0.2, 0) is 6.42 Å². The van der Waals surface area contributed by atoms with Gasteiger partial charge in [0.2, 0.25) is 0 Å². The average Bonchev–Trinajstić information content (AvgIpc) is 2.83. The average molecular weight is 230 g/mol. The molecule has 1 aliphatic heterocycles. The van der Waals surface area contributed by atoms with Gasteiger partial charge in [-0.2, -0.15) is 4.68 Å². The maximum atomic E-state index is 4.27. The first kappa shape index (κ1) is 10.3. The van der Waals surface area contributed by atoms with Crippen LogP contribution in [0.15, 0.2) is 18.6 Å². The van der Waals surface area contributed by atoms with Crippen LogP contribution in [0, 0.1) is 0 Å². The Labute approximate surface area is 99.1 Å². The first-order valence-electron chi connectivity index (χ1n) is 5.84. The highest BCUT2D eigenvalue weighted by molar-refractivity contribution is 5.26. The number of rotatable bonds is 2. The molecule has 1 aliphatic rings. The number of hydrogen-bond donors (Lipinski definition) is 1. The lowest BCUT2D eigenvalue weighted by molar-refractivity contribution is 0.477. The minimum atomic E-state index is 0.309. The highest BCUT2D eigenvalue weighted by atomic mass is 15.5. The van der Waals surface area contributed by atoms with Gasteiger partial charge in [-0.05, 0) is 6.42 Å². The molecule has 1 N–H and O–H groups in total. The summed E-state index contributed by atoms with van der Waals surface area (Å²) < 4.78 is 1.80. The molecule has 0 aliphatic carbocycles. The van der Waals surface area contributed by atoms with Gasteiger partial charge < -0.3 is 5.32 Å². The van der Waals surface area contributed by atoms with E-state index >= 15 is 0 Å². The van der Waals surface area contributed by atoms with E-state index in [4.69, 9.17) is 0 Å². The van der Waals surface area contributed by atoms with Gasteiger partial charge in [0.05, 0.1) is 17.9 Å². The zero-order chi connectivity index (χ0) is 11.7. The molecule has 1 unspecified atom stereocenters. The Kier molecular flexibility index (Phi) is 2.56. The number of hydrogen-bond acceptors (Lipinski definition) is 5. The van der Waals surface area contributed by atoms with Gasteiger partial charge in [-0.1, -0.05) is 12.1 Å². The highest BCUT2D eigenvalue weighted by Crippen LogP contribution is 2.23. The molecule has 17 heavy (non-hydrogen) atoms. The fourth-order valence-corrected chi connectivity index (χ4v) is 2.20. The summed E-state index contributed by atoms with van der Waals surface area (Å²) in [5.41, 5.74) is 2.19. The van der Waals surface area contributed by atoms with Gasteiger partial charge in [-0.3, -0.25) is 4.98 Å². The molecule has 0 spiro atoms. The van der Waals surface area contributed by atoms with Crippen LogP contribution in [0.3, 0.4) is 0 Å². The summed E-state index contributed by atoms with van der Waals surface area (Å²) in [4.78, 5) is 8.32. The third kappa shape index (κ3) is 1.70. The fourth-order valence-electron chi connectivity index (χ4n) is 2.20. The van der Waals surface area contributed by atoms with Gasteiger partial charge in [0.15, 0.2) is 5.82 Å². The Morgan fingerprint density at radius 1 is 1.47 bits per heavy atom. The van der Waals surface area contributed by atoms with Crippen molar-refractivity contribution in [3.05, 3.63) is 30.0 Å². The maximum Gasteiger partial charge on any atom is 0.173 e. The Morgan fingerprint density at radius 3 is 3.18 bits per heavy atom. The van der Waals surface area contributed by atoms with Crippen molar-refractivity contribution in [3.63, 3.8) is 0 Å². The second kappa shape index (κ2) is 4.21. The van der Waals surface area contributed by atoms with E-state index in [-0.39, 0.29) is 0 Å². The molecule has 6 heteroatoms. The minimum Gasteiger partial charge on any atom is -0.308 e. The zero-order valence-corrected chi connectivity index (χ0v) is 9.67. The second-order valence-corrected chi connectivity index (χ2v) is 4.06. The predicted octanol–water partition coefficient (Wildman–Crippen LogP) is 0.654. The van der Waals surface area contributed by atoms with Crippen molar-refractivity contribution in [1.82, 2.24) is 30.3 Å². The lowest BCUT2D eigenvalue weighted by atomic mass is 10.0. The van der Waals surface area contributed by atoms with E-state index in [0.29, 0.717) is 6.04 Å². The largest absolute Gasteiger partial charge is 0.308 e. The summed E-state index contributed by atoms with van der Waals surface area (Å²) in [5.74, 6) is 0.734. The van der Waals surface area contributed by atoms with E-state index in [2.05, 4.69) is 32.5 Å². The van der Waals surface area contributed by atoms with Crippen LogP contribution < -0.4 is 5.32 Å². The Hall–Kier alpha value is -1.82. The quantitative estimate of drug-likeness (QED) is 0.820. The molecule has 0 fully saturated rings. The van der Waals surface area contributed by atoms with Crippen molar-refractivity contribution in [1.29, 1.82) is 0 Å². The summed E-state index contributed by atoms with van der Waals surface area (Å²) in [6.45, 7) is 3.10. The van der Waals surface area contributed by atoms with Crippen LogP contribution in [0.2, 0.25) is 0 Å². The molecule has 0 saturated heterocycles. The first-order valence-corrected chi connectivity index (χ1v) is 5.84.